The van der Waals surface area contributed by atoms with Gasteiger partial charge in [0.2, 0.25) is 0 Å². The van der Waals surface area contributed by atoms with Crippen molar-refractivity contribution in [3.05, 3.63) is 67.0 Å². The van der Waals surface area contributed by atoms with Crippen molar-refractivity contribution in [1.29, 1.82) is 0 Å². The van der Waals surface area contributed by atoms with Gasteiger partial charge in [0.15, 0.2) is 18.9 Å². The number of nitrogens with zero attached hydrogens (tertiary/aromatic N) is 1. The van der Waals surface area contributed by atoms with E-state index in [-0.39, 0.29) is 6.61 Å². The summed E-state index contributed by atoms with van der Waals surface area (Å²) in [6, 6.07) is 19.3. The number of pyridine rings is 1. The smallest absolute Gasteiger partial charge is 0.171 e. The molecular formula is C19H16NOS2+. The van der Waals surface area contributed by atoms with Crippen LogP contribution in [0.3, 0.4) is 0 Å². The lowest BCUT2D eigenvalue weighted by molar-refractivity contribution is -0.698. The molecule has 114 valence electrons. The van der Waals surface area contributed by atoms with E-state index in [9.17, 15) is 0 Å². The maximum Gasteiger partial charge on any atom is 0.171 e. The van der Waals surface area contributed by atoms with Gasteiger partial charge in [0, 0.05) is 31.7 Å². The molecule has 1 aliphatic heterocycles. The van der Waals surface area contributed by atoms with Crippen molar-refractivity contribution >= 4 is 23.5 Å². The quantitative estimate of drug-likeness (QED) is 0.565. The summed E-state index contributed by atoms with van der Waals surface area (Å²) in [7, 11) is 0. The second kappa shape index (κ2) is 6.40. The Morgan fingerprint density at radius 3 is 2.22 bits per heavy atom. The van der Waals surface area contributed by atoms with Crippen LogP contribution in [0.4, 0.5) is 0 Å². The van der Waals surface area contributed by atoms with E-state index in [0.717, 1.165) is 0 Å². The van der Waals surface area contributed by atoms with Crippen LogP contribution in [0.15, 0.2) is 86.6 Å². The first-order valence-electron chi connectivity index (χ1n) is 7.53. The van der Waals surface area contributed by atoms with Crippen LogP contribution in [0.25, 0.3) is 11.1 Å². The molecule has 1 N–H and O–H groups in total. The lowest BCUT2D eigenvalue weighted by Gasteiger charge is -2.20. The monoisotopic (exact) mass is 338 g/mol. The van der Waals surface area contributed by atoms with Gasteiger partial charge in [-0.3, -0.25) is 0 Å². The first kappa shape index (κ1) is 14.8. The number of aliphatic hydroxyl groups excluding tert-OH is 1. The highest BCUT2D eigenvalue weighted by atomic mass is 32.2. The van der Waals surface area contributed by atoms with Gasteiger partial charge < -0.3 is 5.11 Å². The molecule has 0 saturated carbocycles. The molecule has 0 aliphatic carbocycles. The summed E-state index contributed by atoms with van der Waals surface area (Å²) in [5.74, 6) is 0. The molecular weight excluding hydrogens is 322 g/mol. The fourth-order valence-corrected chi connectivity index (χ4v) is 5.08. The van der Waals surface area contributed by atoms with E-state index < -0.39 is 0 Å². The highest BCUT2D eigenvalue weighted by Gasteiger charge is 2.20. The Hall–Kier alpha value is -1.75. The Bertz CT molecular complexity index is 846. The fraction of sp³-hybridized carbons (Fsp3) is 0.105. The SMILES string of the molecule is OCC[n+]1ccc(-c2cccc3c2Sc2ccccc2S3)cc1. The molecule has 2 aromatic carbocycles. The maximum absolute atomic E-state index is 9.03. The number of fused-ring (bicyclic) bond motifs is 2. The van der Waals surface area contributed by atoms with Crippen molar-refractivity contribution in [2.75, 3.05) is 6.61 Å². The molecule has 23 heavy (non-hydrogen) atoms. The van der Waals surface area contributed by atoms with Gasteiger partial charge in [-0.05, 0) is 29.3 Å². The summed E-state index contributed by atoms with van der Waals surface area (Å²) in [6.45, 7) is 0.791. The summed E-state index contributed by atoms with van der Waals surface area (Å²) in [4.78, 5) is 5.30. The maximum atomic E-state index is 9.03. The van der Waals surface area contributed by atoms with Crippen LogP contribution in [-0.2, 0) is 6.54 Å². The van der Waals surface area contributed by atoms with E-state index >= 15 is 0 Å². The molecule has 1 aromatic heterocycles. The minimum atomic E-state index is 0.161. The van der Waals surface area contributed by atoms with Gasteiger partial charge in [-0.2, -0.15) is 0 Å². The van der Waals surface area contributed by atoms with E-state index in [2.05, 4.69) is 54.6 Å². The van der Waals surface area contributed by atoms with Crippen LogP contribution in [0.5, 0.6) is 0 Å². The summed E-state index contributed by atoms with van der Waals surface area (Å²) < 4.78 is 2.00. The third-order valence-electron chi connectivity index (χ3n) is 3.82. The lowest BCUT2D eigenvalue weighted by atomic mass is 10.1. The van der Waals surface area contributed by atoms with Crippen molar-refractivity contribution in [3.8, 4) is 11.1 Å². The van der Waals surface area contributed by atoms with Gasteiger partial charge in [-0.15, -0.1) is 0 Å². The summed E-state index contributed by atoms with van der Waals surface area (Å²) >= 11 is 3.69. The number of aliphatic hydroxyl groups is 1. The average molecular weight is 338 g/mol. The molecule has 0 amide bonds. The van der Waals surface area contributed by atoms with Crippen LogP contribution in [0, 0.1) is 0 Å². The molecule has 0 bridgehead atoms. The molecule has 2 nitrogen and oxygen atoms in total. The van der Waals surface area contributed by atoms with E-state index in [0.29, 0.717) is 6.54 Å². The Balaban J connectivity index is 1.74. The van der Waals surface area contributed by atoms with Crippen molar-refractivity contribution in [2.45, 2.75) is 26.1 Å². The zero-order valence-electron chi connectivity index (χ0n) is 12.5. The summed E-state index contributed by atoms with van der Waals surface area (Å²) in [5.41, 5.74) is 2.48. The Kier molecular flexibility index (Phi) is 4.12. The minimum Gasteiger partial charge on any atom is -0.390 e. The van der Waals surface area contributed by atoms with Crippen molar-refractivity contribution in [2.24, 2.45) is 0 Å². The summed E-state index contributed by atoms with van der Waals surface area (Å²) in [6.07, 6.45) is 4.05. The van der Waals surface area contributed by atoms with Crippen molar-refractivity contribution < 1.29 is 9.67 Å². The predicted octanol–water partition coefficient (Wildman–Crippen LogP) is 4.25. The fourth-order valence-electron chi connectivity index (χ4n) is 2.68. The van der Waals surface area contributed by atoms with Gasteiger partial charge in [-0.25, -0.2) is 4.57 Å². The third kappa shape index (κ3) is 2.90. The molecule has 3 aromatic rings. The van der Waals surface area contributed by atoms with Gasteiger partial charge in [0.05, 0.1) is 0 Å². The first-order valence-corrected chi connectivity index (χ1v) is 9.16. The zero-order valence-corrected chi connectivity index (χ0v) is 14.1. The molecule has 4 heteroatoms. The molecule has 0 radical (unpaired) electrons. The number of aromatic nitrogens is 1. The van der Waals surface area contributed by atoms with Crippen LogP contribution in [-0.4, -0.2) is 11.7 Å². The second-order valence-corrected chi connectivity index (χ2v) is 7.47. The standard InChI is InChI=1S/C19H16NOS2/c21-13-12-20-10-8-14(9-11-20)15-4-3-7-18-19(15)23-17-6-2-1-5-16(17)22-18/h1-11,21H,12-13H2/q+1. The predicted molar refractivity (Wildman–Crippen MR) is 93.8 cm³/mol. The van der Waals surface area contributed by atoms with Crippen LogP contribution < -0.4 is 4.57 Å². The second-order valence-electron chi connectivity index (χ2n) is 5.33. The van der Waals surface area contributed by atoms with E-state index in [1.54, 1.807) is 0 Å². The largest absolute Gasteiger partial charge is 0.390 e. The Morgan fingerprint density at radius 1 is 0.783 bits per heavy atom. The summed E-state index contributed by atoms with van der Waals surface area (Å²) in [5, 5.41) is 9.03. The van der Waals surface area contributed by atoms with E-state index in [1.807, 2.05) is 40.5 Å². The topological polar surface area (TPSA) is 24.1 Å². The molecule has 0 spiro atoms. The van der Waals surface area contributed by atoms with Crippen LogP contribution in [0.1, 0.15) is 0 Å². The van der Waals surface area contributed by atoms with Gasteiger partial charge in [-0.1, -0.05) is 47.8 Å². The van der Waals surface area contributed by atoms with Gasteiger partial charge in [0.25, 0.3) is 0 Å². The third-order valence-corrected chi connectivity index (χ3v) is 6.43. The average Bonchev–Trinajstić information content (AvgIpc) is 2.60. The van der Waals surface area contributed by atoms with Crippen molar-refractivity contribution in [3.63, 3.8) is 0 Å². The van der Waals surface area contributed by atoms with Gasteiger partial charge in [0.1, 0.15) is 6.61 Å². The molecule has 0 atom stereocenters. The van der Waals surface area contributed by atoms with Crippen LogP contribution >= 0.6 is 23.5 Å². The number of rotatable bonds is 3. The highest BCUT2D eigenvalue weighted by molar-refractivity contribution is 8.05. The number of benzene rings is 2. The molecule has 0 unspecified atom stereocenters. The molecule has 2 heterocycles. The normalized spacial score (nSPS) is 12.6. The lowest BCUT2D eigenvalue weighted by Crippen LogP contribution is -2.34. The molecule has 1 aliphatic rings. The number of hydrogen-bond acceptors (Lipinski definition) is 3. The van der Waals surface area contributed by atoms with Crippen molar-refractivity contribution in [1.82, 2.24) is 0 Å². The minimum absolute atomic E-state index is 0.161. The molecule has 0 saturated heterocycles. The Morgan fingerprint density at radius 2 is 1.48 bits per heavy atom. The number of hydrogen-bond donors (Lipinski definition) is 1. The Labute approximate surface area is 144 Å². The van der Waals surface area contributed by atoms with Gasteiger partial charge >= 0.3 is 0 Å². The van der Waals surface area contributed by atoms with Crippen LogP contribution in [0.2, 0.25) is 0 Å². The first-order chi connectivity index (χ1) is 11.3. The highest BCUT2D eigenvalue weighted by Crippen LogP contribution is 2.51. The van der Waals surface area contributed by atoms with E-state index in [1.165, 1.54) is 30.7 Å². The zero-order chi connectivity index (χ0) is 15.6. The molecule has 4 rings (SSSR count). The molecule has 0 fully saturated rings. The van der Waals surface area contributed by atoms with E-state index in [4.69, 9.17) is 5.11 Å².